The monoisotopic (exact) mass is 272 g/mol. The third kappa shape index (κ3) is 2.18. The van der Waals surface area contributed by atoms with Gasteiger partial charge in [0.1, 0.15) is 17.3 Å². The molecule has 0 radical (unpaired) electrons. The lowest BCUT2D eigenvalue weighted by molar-refractivity contribution is 0.496. The highest BCUT2D eigenvalue weighted by molar-refractivity contribution is 6.30. The van der Waals surface area contributed by atoms with Gasteiger partial charge in [0.25, 0.3) is 0 Å². The van der Waals surface area contributed by atoms with Crippen molar-refractivity contribution in [3.8, 4) is 11.3 Å². The zero-order chi connectivity index (χ0) is 13.3. The van der Waals surface area contributed by atoms with E-state index in [0.29, 0.717) is 18.1 Å². The van der Waals surface area contributed by atoms with Crippen LogP contribution in [0.1, 0.15) is 12.5 Å². The van der Waals surface area contributed by atoms with Crippen LogP contribution in [0.4, 0.5) is 13.2 Å². The number of hydrogen-bond acceptors (Lipinski definition) is 2. The second kappa shape index (κ2) is 4.94. The summed E-state index contributed by atoms with van der Waals surface area (Å²) in [6.45, 7) is 1.78. The zero-order valence-electron chi connectivity index (χ0n) is 9.35. The van der Waals surface area contributed by atoms with Crippen molar-refractivity contribution in [2.24, 2.45) is 0 Å². The quantitative estimate of drug-likeness (QED) is 0.614. The molecule has 0 fully saturated rings. The summed E-state index contributed by atoms with van der Waals surface area (Å²) in [6.07, 6.45) is 1.60. The molecular weight excluding hydrogens is 265 g/mol. The third-order valence-corrected chi connectivity index (χ3v) is 2.84. The number of halogens is 4. The van der Waals surface area contributed by atoms with Crippen molar-refractivity contribution in [1.29, 1.82) is 0 Å². The smallest absolute Gasteiger partial charge is 0.161 e. The standard InChI is InChI=1S/C12H8ClF3N2/c1-2-6-11(17-5-18-12(6)13)7-3-9(15)10(16)4-8(7)14/h3-5H,2H2,1H3. The molecule has 0 amide bonds. The molecule has 1 aromatic heterocycles. The topological polar surface area (TPSA) is 25.8 Å². The van der Waals surface area contributed by atoms with Gasteiger partial charge in [-0.1, -0.05) is 18.5 Å². The molecule has 0 N–H and O–H groups in total. The molecule has 0 saturated carbocycles. The van der Waals surface area contributed by atoms with Crippen molar-refractivity contribution in [2.75, 3.05) is 0 Å². The summed E-state index contributed by atoms with van der Waals surface area (Å²) in [4.78, 5) is 7.66. The molecule has 0 aliphatic rings. The first kappa shape index (κ1) is 12.8. The van der Waals surface area contributed by atoms with Crippen LogP contribution < -0.4 is 0 Å². The fourth-order valence-electron chi connectivity index (χ4n) is 1.64. The van der Waals surface area contributed by atoms with Crippen molar-refractivity contribution in [2.45, 2.75) is 13.3 Å². The van der Waals surface area contributed by atoms with E-state index in [-0.39, 0.29) is 16.4 Å². The Morgan fingerprint density at radius 1 is 1.06 bits per heavy atom. The predicted molar refractivity (Wildman–Crippen MR) is 61.7 cm³/mol. The summed E-state index contributed by atoms with van der Waals surface area (Å²) in [5, 5.41) is 0.173. The molecule has 0 spiro atoms. The molecule has 0 saturated heterocycles. The van der Waals surface area contributed by atoms with Crippen LogP contribution in [0.5, 0.6) is 0 Å². The van der Waals surface area contributed by atoms with Gasteiger partial charge in [-0.2, -0.15) is 0 Å². The van der Waals surface area contributed by atoms with Crippen LogP contribution in [-0.2, 0) is 6.42 Å². The summed E-state index contributed by atoms with van der Waals surface area (Å²) in [7, 11) is 0. The van der Waals surface area contributed by atoms with Crippen molar-refractivity contribution in [3.63, 3.8) is 0 Å². The molecule has 0 aliphatic carbocycles. The van der Waals surface area contributed by atoms with Gasteiger partial charge in [0.2, 0.25) is 0 Å². The molecule has 0 aliphatic heterocycles. The van der Waals surface area contributed by atoms with Crippen LogP contribution in [0.2, 0.25) is 5.15 Å². The van der Waals surface area contributed by atoms with Crippen LogP contribution in [0, 0.1) is 17.5 Å². The molecule has 18 heavy (non-hydrogen) atoms. The van der Waals surface area contributed by atoms with Gasteiger partial charge < -0.3 is 0 Å². The van der Waals surface area contributed by atoms with E-state index in [4.69, 9.17) is 11.6 Å². The Balaban J connectivity index is 2.69. The highest BCUT2D eigenvalue weighted by Crippen LogP contribution is 2.29. The van der Waals surface area contributed by atoms with Crippen molar-refractivity contribution >= 4 is 11.6 Å². The molecular formula is C12H8ClF3N2. The van der Waals surface area contributed by atoms with E-state index in [9.17, 15) is 13.2 Å². The molecule has 2 aromatic rings. The minimum atomic E-state index is -1.24. The molecule has 1 heterocycles. The van der Waals surface area contributed by atoms with E-state index >= 15 is 0 Å². The van der Waals surface area contributed by atoms with E-state index in [0.717, 1.165) is 12.4 Å². The van der Waals surface area contributed by atoms with Crippen LogP contribution in [-0.4, -0.2) is 9.97 Å². The van der Waals surface area contributed by atoms with Gasteiger partial charge >= 0.3 is 0 Å². The summed E-state index contributed by atoms with van der Waals surface area (Å²) < 4.78 is 39.7. The first-order valence-corrected chi connectivity index (χ1v) is 5.56. The predicted octanol–water partition coefficient (Wildman–Crippen LogP) is 3.78. The van der Waals surface area contributed by atoms with Crippen LogP contribution in [0.25, 0.3) is 11.3 Å². The Hall–Kier alpha value is -1.62. The highest BCUT2D eigenvalue weighted by atomic mass is 35.5. The lowest BCUT2D eigenvalue weighted by Crippen LogP contribution is -1.99. The Kier molecular flexibility index (Phi) is 3.52. The Labute approximate surface area is 106 Å². The highest BCUT2D eigenvalue weighted by Gasteiger charge is 2.17. The number of nitrogens with zero attached hydrogens (tertiary/aromatic N) is 2. The summed E-state index contributed by atoms with van der Waals surface area (Å²) in [5.41, 5.74) is 0.535. The first-order valence-electron chi connectivity index (χ1n) is 5.18. The number of hydrogen-bond donors (Lipinski definition) is 0. The van der Waals surface area contributed by atoms with Gasteiger partial charge in [0.05, 0.1) is 5.69 Å². The molecule has 2 nitrogen and oxygen atoms in total. The van der Waals surface area contributed by atoms with E-state index < -0.39 is 17.5 Å². The maximum atomic E-state index is 13.7. The Morgan fingerprint density at radius 3 is 2.39 bits per heavy atom. The third-order valence-electron chi connectivity index (χ3n) is 2.51. The fraction of sp³-hybridized carbons (Fsp3) is 0.167. The molecule has 0 unspecified atom stereocenters. The van der Waals surface area contributed by atoms with E-state index in [2.05, 4.69) is 9.97 Å². The van der Waals surface area contributed by atoms with Crippen molar-refractivity contribution < 1.29 is 13.2 Å². The van der Waals surface area contributed by atoms with Gasteiger partial charge in [0.15, 0.2) is 11.6 Å². The zero-order valence-corrected chi connectivity index (χ0v) is 10.1. The maximum Gasteiger partial charge on any atom is 0.161 e. The largest absolute Gasteiger partial charge is 0.236 e. The average Bonchev–Trinajstić information content (AvgIpc) is 2.33. The van der Waals surface area contributed by atoms with Gasteiger partial charge in [-0.05, 0) is 12.5 Å². The number of benzene rings is 1. The van der Waals surface area contributed by atoms with Crippen LogP contribution in [0.15, 0.2) is 18.5 Å². The lowest BCUT2D eigenvalue weighted by atomic mass is 10.0. The SMILES string of the molecule is CCc1c(Cl)ncnc1-c1cc(F)c(F)cc1F. The van der Waals surface area contributed by atoms with E-state index in [1.165, 1.54) is 0 Å². The molecule has 6 heteroatoms. The van der Waals surface area contributed by atoms with Gasteiger partial charge in [-0.3, -0.25) is 0 Å². The molecule has 2 rings (SSSR count). The summed E-state index contributed by atoms with van der Waals surface area (Å²) >= 11 is 5.86. The van der Waals surface area contributed by atoms with Gasteiger partial charge in [-0.15, -0.1) is 0 Å². The molecule has 1 aromatic carbocycles. The van der Waals surface area contributed by atoms with Crippen LogP contribution in [0.3, 0.4) is 0 Å². The second-order valence-electron chi connectivity index (χ2n) is 3.59. The molecule has 0 atom stereocenters. The van der Waals surface area contributed by atoms with Gasteiger partial charge in [0, 0.05) is 17.2 Å². The van der Waals surface area contributed by atoms with Crippen molar-refractivity contribution in [3.05, 3.63) is 46.6 Å². The lowest BCUT2D eigenvalue weighted by Gasteiger charge is -2.09. The molecule has 94 valence electrons. The van der Waals surface area contributed by atoms with Gasteiger partial charge in [-0.25, -0.2) is 23.1 Å². The fourth-order valence-corrected chi connectivity index (χ4v) is 1.91. The average molecular weight is 273 g/mol. The van der Waals surface area contributed by atoms with E-state index in [1.807, 2.05) is 0 Å². The minimum Gasteiger partial charge on any atom is -0.236 e. The number of aromatic nitrogens is 2. The summed E-state index contributed by atoms with van der Waals surface area (Å²) in [6, 6.07) is 1.25. The van der Waals surface area contributed by atoms with E-state index in [1.54, 1.807) is 6.92 Å². The Morgan fingerprint density at radius 2 is 1.72 bits per heavy atom. The second-order valence-corrected chi connectivity index (χ2v) is 3.95. The molecule has 0 bridgehead atoms. The van der Waals surface area contributed by atoms with Crippen molar-refractivity contribution in [1.82, 2.24) is 9.97 Å². The normalized spacial score (nSPS) is 10.7. The minimum absolute atomic E-state index is 0.130. The summed E-state index contributed by atoms with van der Waals surface area (Å²) in [5.74, 6) is -3.27. The van der Waals surface area contributed by atoms with Crippen LogP contribution >= 0.6 is 11.6 Å². The Bertz CT molecular complexity index is 602. The first-order chi connectivity index (χ1) is 8.54. The number of rotatable bonds is 2. The maximum absolute atomic E-state index is 13.7.